The second-order valence-corrected chi connectivity index (χ2v) is 8.06. The highest BCUT2D eigenvalue weighted by Gasteiger charge is 2.42. The van der Waals surface area contributed by atoms with Crippen LogP contribution in [0.2, 0.25) is 0 Å². The van der Waals surface area contributed by atoms with Crippen LogP contribution < -0.4 is 15.5 Å². The number of para-hydroxylation sites is 1. The molecule has 2 N–H and O–H groups in total. The number of unbranched alkanes of at least 4 members (excludes halogenated alkanes) is 1. The van der Waals surface area contributed by atoms with Gasteiger partial charge >= 0.3 is 6.03 Å². The predicted molar refractivity (Wildman–Crippen MR) is 96.5 cm³/mol. The summed E-state index contributed by atoms with van der Waals surface area (Å²) in [4.78, 5) is 25.8. The zero-order chi connectivity index (χ0) is 16.5. The summed E-state index contributed by atoms with van der Waals surface area (Å²) in [5.74, 6) is 1.24. The van der Waals surface area contributed by atoms with Gasteiger partial charge in [-0.3, -0.25) is 4.79 Å². The molecular weight excluding hydrogens is 322 g/mol. The molecule has 0 bridgehead atoms. The van der Waals surface area contributed by atoms with Crippen molar-refractivity contribution in [1.29, 1.82) is 0 Å². The Morgan fingerprint density at radius 3 is 3.04 bits per heavy atom. The Labute approximate surface area is 146 Å². The van der Waals surface area contributed by atoms with Crippen molar-refractivity contribution < 1.29 is 9.59 Å². The smallest absolute Gasteiger partial charge is 0.315 e. The number of nitrogens with one attached hydrogen (secondary N) is 2. The molecular formula is C18H23N3O2S. The summed E-state index contributed by atoms with van der Waals surface area (Å²) in [7, 11) is 0. The van der Waals surface area contributed by atoms with Crippen LogP contribution in [0.15, 0.2) is 24.3 Å². The largest absolute Gasteiger partial charge is 0.332 e. The van der Waals surface area contributed by atoms with Crippen LogP contribution >= 0.6 is 11.8 Å². The number of benzene rings is 1. The summed E-state index contributed by atoms with van der Waals surface area (Å²) >= 11 is 1.94. The summed E-state index contributed by atoms with van der Waals surface area (Å²) in [5, 5.41) is 6.48. The number of anilines is 1. The summed E-state index contributed by atoms with van der Waals surface area (Å²) in [6, 6.07) is 8.72. The third-order valence-corrected chi connectivity index (χ3v) is 6.76. The van der Waals surface area contributed by atoms with Gasteiger partial charge in [0.05, 0.1) is 12.1 Å². The van der Waals surface area contributed by atoms with E-state index >= 15 is 0 Å². The van der Waals surface area contributed by atoms with Crippen LogP contribution in [0.1, 0.15) is 31.2 Å². The second kappa shape index (κ2) is 6.67. The Hall–Kier alpha value is -1.69. The number of hydrogen-bond acceptors (Lipinski definition) is 3. The molecule has 0 spiro atoms. The van der Waals surface area contributed by atoms with Crippen LogP contribution in [0.25, 0.3) is 0 Å². The van der Waals surface area contributed by atoms with E-state index < -0.39 is 0 Å². The summed E-state index contributed by atoms with van der Waals surface area (Å²) in [5.41, 5.74) is 2.38. The maximum atomic E-state index is 12.5. The minimum atomic E-state index is -0.0295. The Bertz CT molecular complexity index is 651. The molecule has 3 atom stereocenters. The molecule has 0 radical (unpaired) electrons. The molecule has 0 aliphatic carbocycles. The van der Waals surface area contributed by atoms with Crippen LogP contribution in [0, 0.1) is 0 Å². The number of thioether (sulfide) groups is 1. The summed E-state index contributed by atoms with van der Waals surface area (Å²) in [6.45, 7) is 0.818. The van der Waals surface area contributed by atoms with Crippen molar-refractivity contribution in [2.75, 3.05) is 17.2 Å². The van der Waals surface area contributed by atoms with Gasteiger partial charge in [0.1, 0.15) is 0 Å². The van der Waals surface area contributed by atoms with Gasteiger partial charge in [0.15, 0.2) is 0 Å². The molecule has 3 heterocycles. The number of amides is 3. The van der Waals surface area contributed by atoms with E-state index in [1.54, 1.807) is 0 Å². The molecule has 3 aliphatic heterocycles. The fraction of sp³-hybridized carbons (Fsp3) is 0.556. The Balaban J connectivity index is 1.22. The molecule has 6 heteroatoms. The normalized spacial score (nSPS) is 27.6. The zero-order valence-electron chi connectivity index (χ0n) is 13.7. The topological polar surface area (TPSA) is 61.4 Å². The van der Waals surface area contributed by atoms with Crippen LogP contribution in [0.4, 0.5) is 10.5 Å². The molecule has 0 saturated carbocycles. The molecule has 0 unspecified atom stereocenters. The van der Waals surface area contributed by atoms with Gasteiger partial charge in [-0.2, -0.15) is 11.8 Å². The van der Waals surface area contributed by atoms with Crippen LogP contribution in [-0.2, 0) is 11.2 Å². The third kappa shape index (κ3) is 2.99. The fourth-order valence-electron chi connectivity index (χ4n) is 4.00. The lowest BCUT2D eigenvalue weighted by Gasteiger charge is -2.18. The molecule has 128 valence electrons. The van der Waals surface area contributed by atoms with Crippen LogP contribution in [0.3, 0.4) is 0 Å². The standard InChI is InChI=1S/C18H23N3O2S/c22-16(21-10-9-12-5-1-2-6-14(12)21)8-4-3-7-15-17-13(11-24-15)19-18(23)20-17/h1-2,5-6,13,15,17H,3-4,7-11H2,(H2,19,20,23)/t13-,15+,17-/m1/s1. The quantitative estimate of drug-likeness (QED) is 0.636. The number of carbonyl (C=O) groups excluding carboxylic acids is 2. The molecule has 2 fully saturated rings. The Morgan fingerprint density at radius 2 is 2.12 bits per heavy atom. The third-order valence-electron chi connectivity index (χ3n) is 5.26. The number of hydrogen-bond donors (Lipinski definition) is 2. The van der Waals surface area contributed by atoms with Crippen molar-refractivity contribution >= 4 is 29.4 Å². The Kier molecular flexibility index (Phi) is 4.39. The van der Waals surface area contributed by atoms with Crippen molar-refractivity contribution in [1.82, 2.24) is 10.6 Å². The predicted octanol–water partition coefficient (Wildman–Crippen LogP) is 2.30. The lowest BCUT2D eigenvalue weighted by atomic mass is 10.0. The molecule has 4 rings (SSSR count). The lowest BCUT2D eigenvalue weighted by Crippen LogP contribution is -2.36. The summed E-state index contributed by atoms with van der Waals surface area (Å²) in [6.07, 6.45) is 4.61. The van der Waals surface area contributed by atoms with Gasteiger partial charge in [-0.15, -0.1) is 0 Å². The number of rotatable bonds is 5. The molecule has 3 amide bonds. The van der Waals surface area contributed by atoms with Gasteiger partial charge < -0.3 is 15.5 Å². The molecule has 2 saturated heterocycles. The van der Waals surface area contributed by atoms with E-state index in [1.165, 1.54) is 5.56 Å². The molecule has 24 heavy (non-hydrogen) atoms. The van der Waals surface area contributed by atoms with E-state index in [0.29, 0.717) is 11.7 Å². The SMILES string of the molecule is O=C1N[C@H]2[C@H](CCCCC(=O)N3CCc4ccccc43)SC[C@H]2N1. The highest BCUT2D eigenvalue weighted by Crippen LogP contribution is 2.33. The Morgan fingerprint density at radius 1 is 1.25 bits per heavy atom. The molecule has 0 aromatic heterocycles. The first-order chi connectivity index (χ1) is 11.7. The average molecular weight is 345 g/mol. The van der Waals surface area contributed by atoms with Crippen LogP contribution in [-0.4, -0.2) is 41.6 Å². The maximum absolute atomic E-state index is 12.5. The zero-order valence-corrected chi connectivity index (χ0v) is 14.5. The monoisotopic (exact) mass is 345 g/mol. The molecule has 1 aromatic carbocycles. The van der Waals surface area contributed by atoms with E-state index in [-0.39, 0.29) is 24.0 Å². The number of carbonyl (C=O) groups is 2. The van der Waals surface area contributed by atoms with E-state index in [2.05, 4.69) is 16.7 Å². The average Bonchev–Trinajstić information content (AvgIpc) is 3.25. The first-order valence-corrected chi connectivity index (χ1v) is 9.84. The number of nitrogens with zero attached hydrogens (tertiary/aromatic N) is 1. The van der Waals surface area contributed by atoms with Gasteiger partial charge in [0.25, 0.3) is 0 Å². The minimum Gasteiger partial charge on any atom is -0.332 e. The maximum Gasteiger partial charge on any atom is 0.315 e. The van der Waals surface area contributed by atoms with E-state index in [4.69, 9.17) is 0 Å². The first kappa shape index (κ1) is 15.8. The van der Waals surface area contributed by atoms with Gasteiger partial charge in [0, 0.05) is 29.7 Å². The van der Waals surface area contributed by atoms with Crippen molar-refractivity contribution in [2.24, 2.45) is 0 Å². The molecule has 3 aliphatic rings. The van der Waals surface area contributed by atoms with Crippen LogP contribution in [0.5, 0.6) is 0 Å². The van der Waals surface area contributed by atoms with E-state index in [0.717, 1.165) is 43.7 Å². The number of fused-ring (bicyclic) bond motifs is 2. The summed E-state index contributed by atoms with van der Waals surface area (Å²) < 4.78 is 0. The van der Waals surface area contributed by atoms with E-state index in [9.17, 15) is 9.59 Å². The number of urea groups is 1. The van der Waals surface area contributed by atoms with Gasteiger partial charge in [0.2, 0.25) is 5.91 Å². The van der Waals surface area contributed by atoms with Crippen molar-refractivity contribution in [2.45, 2.75) is 49.4 Å². The fourth-order valence-corrected chi connectivity index (χ4v) is 5.54. The minimum absolute atomic E-state index is 0.0295. The van der Waals surface area contributed by atoms with Gasteiger partial charge in [-0.05, 0) is 30.9 Å². The second-order valence-electron chi connectivity index (χ2n) is 6.79. The molecule has 1 aromatic rings. The van der Waals surface area contributed by atoms with Crippen molar-refractivity contribution in [3.63, 3.8) is 0 Å². The van der Waals surface area contributed by atoms with Gasteiger partial charge in [-0.25, -0.2) is 4.79 Å². The highest BCUT2D eigenvalue weighted by atomic mass is 32.2. The first-order valence-electron chi connectivity index (χ1n) is 8.79. The van der Waals surface area contributed by atoms with Crippen molar-refractivity contribution in [3.8, 4) is 0 Å². The molecule has 5 nitrogen and oxygen atoms in total. The van der Waals surface area contributed by atoms with Crippen molar-refractivity contribution in [3.05, 3.63) is 29.8 Å². The van der Waals surface area contributed by atoms with Gasteiger partial charge in [-0.1, -0.05) is 24.6 Å². The lowest BCUT2D eigenvalue weighted by molar-refractivity contribution is -0.118. The van der Waals surface area contributed by atoms with E-state index in [1.807, 2.05) is 34.9 Å². The highest BCUT2D eigenvalue weighted by molar-refractivity contribution is 8.00.